The first-order chi connectivity index (χ1) is 9.81. The minimum atomic E-state index is 0.535. The number of nitrogens with one attached hydrogen (secondary N) is 1. The minimum Gasteiger partial charge on any atom is -0.373 e. The van der Waals surface area contributed by atoms with Crippen LogP contribution in [-0.4, -0.2) is 42.3 Å². The maximum absolute atomic E-state index is 5.70. The van der Waals surface area contributed by atoms with Crippen LogP contribution in [-0.2, 0) is 17.9 Å². The summed E-state index contributed by atoms with van der Waals surface area (Å²) in [5.41, 5.74) is 0.978. The minimum absolute atomic E-state index is 0.535. The third-order valence-corrected chi connectivity index (χ3v) is 4.27. The van der Waals surface area contributed by atoms with Gasteiger partial charge >= 0.3 is 0 Å². The van der Waals surface area contributed by atoms with Crippen LogP contribution in [0.25, 0.3) is 0 Å². The van der Waals surface area contributed by atoms with Gasteiger partial charge in [0, 0.05) is 31.3 Å². The Labute approximate surface area is 120 Å². The van der Waals surface area contributed by atoms with Crippen LogP contribution in [0.4, 0.5) is 0 Å². The van der Waals surface area contributed by atoms with Crippen LogP contribution in [0.3, 0.4) is 0 Å². The van der Waals surface area contributed by atoms with Crippen molar-refractivity contribution in [1.29, 1.82) is 0 Å². The van der Waals surface area contributed by atoms with E-state index in [9.17, 15) is 0 Å². The molecule has 5 nitrogen and oxygen atoms in total. The first-order valence-corrected chi connectivity index (χ1v) is 7.77. The normalized spacial score (nSPS) is 23.6. The molecule has 2 heterocycles. The predicted molar refractivity (Wildman–Crippen MR) is 76.3 cm³/mol. The van der Waals surface area contributed by atoms with Gasteiger partial charge in [-0.15, -0.1) is 0 Å². The van der Waals surface area contributed by atoms with Gasteiger partial charge in [-0.05, 0) is 45.7 Å². The molecule has 1 aromatic heterocycles. The van der Waals surface area contributed by atoms with E-state index in [-0.39, 0.29) is 0 Å². The highest BCUT2D eigenvalue weighted by atomic mass is 16.5. The highest BCUT2D eigenvalue weighted by Gasteiger charge is 2.21. The van der Waals surface area contributed by atoms with Gasteiger partial charge in [0.25, 0.3) is 0 Å². The first kappa shape index (κ1) is 14.0. The number of hydrogen-bond donors (Lipinski definition) is 1. The summed E-state index contributed by atoms with van der Waals surface area (Å²) in [5.74, 6) is 0.831. The van der Waals surface area contributed by atoms with Crippen LogP contribution in [0.1, 0.15) is 43.6 Å². The lowest BCUT2D eigenvalue weighted by Gasteiger charge is -2.18. The topological polar surface area (TPSA) is 50.5 Å². The van der Waals surface area contributed by atoms with E-state index in [0.29, 0.717) is 18.7 Å². The van der Waals surface area contributed by atoms with Crippen molar-refractivity contribution in [2.75, 3.05) is 20.2 Å². The Bertz CT molecular complexity index is 417. The quantitative estimate of drug-likeness (QED) is 0.737. The Hall–Kier alpha value is -0.910. The predicted octanol–water partition coefficient (Wildman–Crippen LogP) is 1.93. The summed E-state index contributed by atoms with van der Waals surface area (Å²) >= 11 is 0. The lowest BCUT2D eigenvalue weighted by Crippen LogP contribution is -2.26. The third kappa shape index (κ3) is 4.04. The van der Waals surface area contributed by atoms with Crippen LogP contribution in [0.2, 0.25) is 0 Å². The molecule has 2 fully saturated rings. The van der Waals surface area contributed by atoms with Crippen molar-refractivity contribution in [2.45, 2.75) is 57.3 Å². The Balaban J connectivity index is 1.31. The Kier molecular flexibility index (Phi) is 4.70. The zero-order valence-electron chi connectivity index (χ0n) is 12.3. The van der Waals surface area contributed by atoms with E-state index in [0.717, 1.165) is 31.0 Å². The van der Waals surface area contributed by atoms with E-state index in [4.69, 9.17) is 9.26 Å². The molecule has 1 saturated carbocycles. The number of nitrogens with zero attached hydrogens (tertiary/aromatic N) is 2. The third-order valence-electron chi connectivity index (χ3n) is 4.27. The molecule has 0 bridgehead atoms. The Morgan fingerprint density at radius 1 is 1.45 bits per heavy atom. The Morgan fingerprint density at radius 2 is 2.35 bits per heavy atom. The van der Waals surface area contributed by atoms with Gasteiger partial charge in [-0.2, -0.15) is 0 Å². The van der Waals surface area contributed by atoms with E-state index in [1.54, 1.807) is 0 Å². The fourth-order valence-electron chi connectivity index (χ4n) is 2.78. The van der Waals surface area contributed by atoms with E-state index in [1.165, 1.54) is 32.2 Å². The van der Waals surface area contributed by atoms with Crippen LogP contribution < -0.4 is 5.32 Å². The second-order valence-electron chi connectivity index (χ2n) is 6.06. The average Bonchev–Trinajstić information content (AvgIpc) is 3.03. The van der Waals surface area contributed by atoms with Gasteiger partial charge in [0.1, 0.15) is 6.61 Å². The molecule has 1 saturated heterocycles. The SMILES string of the molecule is CN1CCCC1CCOCc1cc(CNC2CC2)no1. The molecule has 1 atom stereocenters. The van der Waals surface area contributed by atoms with Crippen molar-refractivity contribution >= 4 is 0 Å². The van der Waals surface area contributed by atoms with Crippen LogP contribution in [0.15, 0.2) is 10.6 Å². The maximum Gasteiger partial charge on any atom is 0.162 e. The molecule has 1 N–H and O–H groups in total. The van der Waals surface area contributed by atoms with E-state index in [1.807, 2.05) is 6.07 Å². The van der Waals surface area contributed by atoms with Crippen LogP contribution >= 0.6 is 0 Å². The summed E-state index contributed by atoms with van der Waals surface area (Å²) in [7, 11) is 2.20. The fraction of sp³-hybridized carbons (Fsp3) is 0.800. The van der Waals surface area contributed by atoms with Gasteiger partial charge in [-0.1, -0.05) is 5.16 Å². The molecular formula is C15H25N3O2. The molecule has 1 aliphatic carbocycles. The number of aromatic nitrogens is 1. The van der Waals surface area contributed by atoms with Crippen molar-refractivity contribution in [3.63, 3.8) is 0 Å². The number of likely N-dealkylation sites (tertiary alicyclic amines) is 1. The molecule has 1 aromatic rings. The smallest absolute Gasteiger partial charge is 0.162 e. The summed E-state index contributed by atoms with van der Waals surface area (Å²) in [4.78, 5) is 2.43. The molecule has 20 heavy (non-hydrogen) atoms. The van der Waals surface area contributed by atoms with Gasteiger partial charge < -0.3 is 19.5 Å². The molecular weight excluding hydrogens is 254 g/mol. The summed E-state index contributed by atoms with van der Waals surface area (Å²) in [5, 5.41) is 7.49. The van der Waals surface area contributed by atoms with E-state index < -0.39 is 0 Å². The molecule has 5 heteroatoms. The molecule has 112 valence electrons. The molecule has 0 aromatic carbocycles. The standard InChI is InChI=1S/C15H25N3O2/c1-18-7-2-3-14(18)6-8-19-11-15-9-13(17-20-15)10-16-12-4-5-12/h9,12,14,16H,2-8,10-11H2,1H3. The number of ether oxygens (including phenoxy) is 1. The maximum atomic E-state index is 5.70. The summed E-state index contributed by atoms with van der Waals surface area (Å²) in [6.45, 7) is 3.36. The lowest BCUT2D eigenvalue weighted by molar-refractivity contribution is 0.0854. The molecule has 0 amide bonds. The van der Waals surface area contributed by atoms with E-state index >= 15 is 0 Å². The van der Waals surface area contributed by atoms with Gasteiger partial charge in [0.2, 0.25) is 0 Å². The zero-order chi connectivity index (χ0) is 13.8. The van der Waals surface area contributed by atoms with Gasteiger partial charge in [0.15, 0.2) is 5.76 Å². The monoisotopic (exact) mass is 279 g/mol. The van der Waals surface area contributed by atoms with Crippen molar-refractivity contribution in [3.8, 4) is 0 Å². The highest BCUT2D eigenvalue weighted by molar-refractivity contribution is 5.04. The molecule has 0 spiro atoms. The number of rotatable bonds is 8. The zero-order valence-corrected chi connectivity index (χ0v) is 12.3. The summed E-state index contributed by atoms with van der Waals surface area (Å²) < 4.78 is 11.0. The largest absolute Gasteiger partial charge is 0.373 e. The van der Waals surface area contributed by atoms with Crippen molar-refractivity contribution in [2.24, 2.45) is 0 Å². The molecule has 1 aliphatic heterocycles. The molecule has 2 aliphatic rings. The van der Waals surface area contributed by atoms with Crippen molar-refractivity contribution in [1.82, 2.24) is 15.4 Å². The fourth-order valence-corrected chi connectivity index (χ4v) is 2.78. The summed E-state index contributed by atoms with van der Waals surface area (Å²) in [6, 6.07) is 3.40. The van der Waals surface area contributed by atoms with E-state index in [2.05, 4.69) is 22.4 Å². The highest BCUT2D eigenvalue weighted by Crippen LogP contribution is 2.19. The summed E-state index contributed by atoms with van der Waals surface area (Å²) in [6.07, 6.45) is 6.33. The first-order valence-electron chi connectivity index (χ1n) is 7.77. The van der Waals surface area contributed by atoms with Gasteiger partial charge in [-0.25, -0.2) is 0 Å². The van der Waals surface area contributed by atoms with Crippen molar-refractivity contribution in [3.05, 3.63) is 17.5 Å². The Morgan fingerprint density at radius 3 is 3.10 bits per heavy atom. The second kappa shape index (κ2) is 6.70. The number of hydrogen-bond acceptors (Lipinski definition) is 5. The average molecular weight is 279 g/mol. The second-order valence-corrected chi connectivity index (χ2v) is 6.06. The lowest BCUT2D eigenvalue weighted by atomic mass is 10.1. The van der Waals surface area contributed by atoms with Gasteiger partial charge in [0.05, 0.1) is 5.69 Å². The van der Waals surface area contributed by atoms with Crippen LogP contribution in [0.5, 0.6) is 0 Å². The molecule has 3 rings (SSSR count). The van der Waals surface area contributed by atoms with Gasteiger partial charge in [-0.3, -0.25) is 0 Å². The van der Waals surface area contributed by atoms with Crippen LogP contribution in [0, 0.1) is 0 Å². The van der Waals surface area contributed by atoms with Crippen molar-refractivity contribution < 1.29 is 9.26 Å². The molecule has 0 radical (unpaired) electrons. The molecule has 1 unspecified atom stereocenters.